The number of hydrogen-bond donors (Lipinski definition) is 2. The average Bonchev–Trinajstić information content (AvgIpc) is 2.68. The number of rotatable bonds is 6. The van der Waals surface area contributed by atoms with E-state index in [1.165, 1.54) is 28.7 Å². The molecule has 1 aliphatic rings. The van der Waals surface area contributed by atoms with Gasteiger partial charge >= 0.3 is 6.18 Å². The summed E-state index contributed by atoms with van der Waals surface area (Å²) in [4.78, 5) is 18.8. The Balaban J connectivity index is 1.49. The van der Waals surface area contributed by atoms with E-state index in [4.69, 9.17) is 4.84 Å². The molecule has 0 saturated carbocycles. The highest BCUT2D eigenvalue weighted by Crippen LogP contribution is 2.29. The van der Waals surface area contributed by atoms with Gasteiger partial charge in [-0.3, -0.25) is 9.63 Å². The number of aromatic amines is 1. The molecule has 2 heterocycles. The van der Waals surface area contributed by atoms with Crippen LogP contribution in [-0.2, 0) is 27.6 Å². The molecule has 29 heavy (non-hydrogen) atoms. The highest BCUT2D eigenvalue weighted by atomic mass is 32.2. The Hall–Kier alpha value is -2.21. The van der Waals surface area contributed by atoms with Crippen LogP contribution < -0.4 is 11.0 Å². The van der Waals surface area contributed by atoms with E-state index < -0.39 is 21.8 Å². The summed E-state index contributed by atoms with van der Waals surface area (Å²) in [6.45, 7) is 0.470. The molecule has 11 heteroatoms. The normalized spacial score (nSPS) is 16.8. The van der Waals surface area contributed by atoms with Gasteiger partial charge in [-0.1, -0.05) is 12.1 Å². The van der Waals surface area contributed by atoms with Crippen molar-refractivity contribution in [1.29, 1.82) is 0 Å². The number of H-pyrrole nitrogens is 1. The van der Waals surface area contributed by atoms with Gasteiger partial charge in [0.15, 0.2) is 0 Å². The number of halogens is 3. The van der Waals surface area contributed by atoms with Gasteiger partial charge in [0.05, 0.1) is 17.1 Å². The highest BCUT2D eigenvalue weighted by Gasteiger charge is 2.31. The fourth-order valence-electron chi connectivity index (χ4n) is 3.00. The molecule has 2 N–H and O–H groups in total. The predicted molar refractivity (Wildman–Crippen MR) is 98.2 cm³/mol. The predicted octanol–water partition coefficient (Wildman–Crippen LogP) is 2.27. The Morgan fingerprint density at radius 1 is 1.17 bits per heavy atom. The van der Waals surface area contributed by atoms with Crippen LogP contribution in [0.4, 0.5) is 13.2 Å². The first kappa shape index (κ1) is 21.5. The largest absolute Gasteiger partial charge is 0.416 e. The summed E-state index contributed by atoms with van der Waals surface area (Å²) in [5.41, 5.74) is 2.06. The summed E-state index contributed by atoms with van der Waals surface area (Å²) in [6.07, 6.45) is -2.29. The molecule has 1 aromatic carbocycles. The molecule has 1 fully saturated rings. The molecule has 1 aromatic heterocycles. The lowest BCUT2D eigenvalue weighted by Crippen LogP contribution is -2.44. The summed E-state index contributed by atoms with van der Waals surface area (Å²) in [5.74, 6) is 0. The molecule has 0 amide bonds. The Bertz CT molecular complexity index is 979. The minimum absolute atomic E-state index is 0.0179. The average molecular weight is 431 g/mol. The van der Waals surface area contributed by atoms with E-state index in [1.807, 2.05) is 0 Å². The van der Waals surface area contributed by atoms with E-state index in [0.717, 1.165) is 18.2 Å². The van der Waals surface area contributed by atoms with Gasteiger partial charge in [-0.25, -0.2) is 8.42 Å². The summed E-state index contributed by atoms with van der Waals surface area (Å²) in [7, 11) is -3.70. The molecular weight excluding hydrogens is 411 g/mol. The first-order valence-electron chi connectivity index (χ1n) is 8.88. The van der Waals surface area contributed by atoms with Crippen molar-refractivity contribution in [2.45, 2.75) is 36.6 Å². The van der Waals surface area contributed by atoms with E-state index in [2.05, 4.69) is 10.5 Å². The van der Waals surface area contributed by atoms with Crippen LogP contribution in [0.2, 0.25) is 0 Å². The lowest BCUT2D eigenvalue weighted by Gasteiger charge is -2.31. The van der Waals surface area contributed by atoms with Crippen molar-refractivity contribution >= 4 is 10.0 Å². The van der Waals surface area contributed by atoms with Gasteiger partial charge in [-0.2, -0.15) is 23.0 Å². The second-order valence-corrected chi connectivity index (χ2v) is 8.61. The third-order valence-corrected chi connectivity index (χ3v) is 6.49. The van der Waals surface area contributed by atoms with E-state index in [-0.39, 0.29) is 36.2 Å². The Labute approximate surface area is 165 Å². The number of piperidine rings is 1. The highest BCUT2D eigenvalue weighted by molar-refractivity contribution is 7.89. The van der Waals surface area contributed by atoms with Crippen LogP contribution in [0.1, 0.15) is 24.0 Å². The molecule has 0 atom stereocenters. The van der Waals surface area contributed by atoms with Crippen molar-refractivity contribution in [3.63, 3.8) is 0 Å². The molecule has 0 unspecified atom stereocenters. The third kappa shape index (κ3) is 5.44. The standard InChI is InChI=1S/C18H20F3N3O4S/c19-18(20,21)14-3-1-2-13(10-14)12-28-23-15-6-8-24(9-7-15)29(26,27)16-4-5-17(25)22-11-16/h1-5,10-11,15,23H,6-9,12H2,(H,22,25). The first-order valence-corrected chi connectivity index (χ1v) is 10.3. The van der Waals surface area contributed by atoms with E-state index in [9.17, 15) is 26.4 Å². The van der Waals surface area contributed by atoms with E-state index in [0.29, 0.717) is 18.4 Å². The molecule has 0 aliphatic carbocycles. The Morgan fingerprint density at radius 3 is 2.52 bits per heavy atom. The number of alkyl halides is 3. The topological polar surface area (TPSA) is 91.5 Å². The number of benzene rings is 1. The van der Waals surface area contributed by atoms with Gasteiger partial charge < -0.3 is 4.98 Å². The molecule has 158 valence electrons. The van der Waals surface area contributed by atoms with Crippen LogP contribution in [0, 0.1) is 0 Å². The number of aromatic nitrogens is 1. The molecule has 1 saturated heterocycles. The van der Waals surface area contributed by atoms with E-state index in [1.54, 1.807) is 0 Å². The molecule has 1 aliphatic heterocycles. The van der Waals surface area contributed by atoms with Crippen LogP contribution in [0.15, 0.2) is 52.3 Å². The fourth-order valence-corrected chi connectivity index (χ4v) is 4.44. The van der Waals surface area contributed by atoms with Gasteiger partial charge in [-0.05, 0) is 36.6 Å². The van der Waals surface area contributed by atoms with Gasteiger partial charge in [0.25, 0.3) is 0 Å². The molecule has 2 aromatic rings. The van der Waals surface area contributed by atoms with E-state index >= 15 is 0 Å². The second kappa shape index (κ2) is 8.66. The summed E-state index contributed by atoms with van der Waals surface area (Å²) in [6, 6.07) is 7.18. The third-order valence-electron chi connectivity index (χ3n) is 4.59. The van der Waals surface area contributed by atoms with Crippen LogP contribution in [0.3, 0.4) is 0 Å². The number of nitrogens with one attached hydrogen (secondary N) is 2. The van der Waals surface area contributed by atoms with Crippen molar-refractivity contribution in [1.82, 2.24) is 14.8 Å². The smallest absolute Gasteiger partial charge is 0.328 e. The molecule has 0 bridgehead atoms. The van der Waals surface area contributed by atoms with Crippen LogP contribution in [0.5, 0.6) is 0 Å². The molecule has 0 spiro atoms. The van der Waals surface area contributed by atoms with Gasteiger partial charge in [-0.15, -0.1) is 0 Å². The number of nitrogens with zero attached hydrogens (tertiary/aromatic N) is 1. The Kier molecular flexibility index (Phi) is 6.42. The maximum Gasteiger partial charge on any atom is 0.416 e. The molecule has 7 nitrogen and oxygen atoms in total. The fraction of sp³-hybridized carbons (Fsp3) is 0.389. The summed E-state index contributed by atoms with van der Waals surface area (Å²) in [5, 5.41) is 0. The minimum Gasteiger partial charge on any atom is -0.328 e. The lowest BCUT2D eigenvalue weighted by atomic mass is 10.1. The molecule has 3 rings (SSSR count). The van der Waals surface area contributed by atoms with Gasteiger partial charge in [0.2, 0.25) is 15.6 Å². The lowest BCUT2D eigenvalue weighted by molar-refractivity contribution is -0.137. The molecule has 0 radical (unpaired) electrons. The quantitative estimate of drug-likeness (QED) is 0.685. The number of hydrogen-bond acceptors (Lipinski definition) is 5. The monoisotopic (exact) mass is 431 g/mol. The maximum atomic E-state index is 12.7. The van der Waals surface area contributed by atoms with Crippen molar-refractivity contribution in [2.24, 2.45) is 0 Å². The van der Waals surface area contributed by atoms with Gasteiger partial charge in [0.1, 0.15) is 0 Å². The minimum atomic E-state index is -4.41. The zero-order valence-electron chi connectivity index (χ0n) is 15.3. The second-order valence-electron chi connectivity index (χ2n) is 6.67. The Morgan fingerprint density at radius 2 is 1.90 bits per heavy atom. The number of sulfonamides is 1. The van der Waals surface area contributed by atoms with Gasteiger partial charge in [0, 0.05) is 31.4 Å². The zero-order valence-corrected chi connectivity index (χ0v) is 16.1. The van der Waals surface area contributed by atoms with Crippen LogP contribution in [0.25, 0.3) is 0 Å². The maximum absolute atomic E-state index is 12.7. The van der Waals surface area contributed by atoms with Crippen molar-refractivity contribution in [3.05, 3.63) is 64.1 Å². The first-order chi connectivity index (χ1) is 13.7. The number of pyridine rings is 1. The SMILES string of the molecule is O=c1ccc(S(=O)(=O)N2CCC(NOCc3cccc(C(F)(F)F)c3)CC2)c[nH]1. The number of hydroxylamine groups is 1. The van der Waals surface area contributed by atoms with Crippen molar-refractivity contribution in [3.8, 4) is 0 Å². The van der Waals surface area contributed by atoms with Crippen LogP contribution >= 0.6 is 0 Å². The van der Waals surface area contributed by atoms with Crippen molar-refractivity contribution in [2.75, 3.05) is 13.1 Å². The summed E-state index contributed by atoms with van der Waals surface area (Å²) < 4.78 is 64.7. The zero-order chi connectivity index (χ0) is 21.1. The summed E-state index contributed by atoms with van der Waals surface area (Å²) >= 11 is 0. The van der Waals surface area contributed by atoms with Crippen LogP contribution in [-0.4, -0.2) is 36.8 Å². The molecular formula is C18H20F3N3O4S. The van der Waals surface area contributed by atoms with Crippen molar-refractivity contribution < 1.29 is 26.4 Å².